The van der Waals surface area contributed by atoms with Crippen LogP contribution in [0.15, 0.2) is 48.5 Å². The maximum Gasteiger partial charge on any atom is 0.422 e. The zero-order valence-electron chi connectivity index (χ0n) is 14.9. The molecule has 2 aromatic carbocycles. The SMILES string of the molecule is O=C(Nc1ccc(CN2C(=O)CSC2=O)cc1)c1ccc(OCC(F)(F)F)cc1. The lowest BCUT2D eigenvalue weighted by Gasteiger charge is -2.13. The van der Waals surface area contributed by atoms with Crippen LogP contribution >= 0.6 is 11.8 Å². The number of hydrogen-bond acceptors (Lipinski definition) is 5. The lowest BCUT2D eigenvalue weighted by molar-refractivity contribution is -0.153. The summed E-state index contributed by atoms with van der Waals surface area (Å²) in [4.78, 5) is 36.7. The third-order valence-corrected chi connectivity index (χ3v) is 4.77. The highest BCUT2D eigenvalue weighted by Gasteiger charge is 2.30. The van der Waals surface area contributed by atoms with Gasteiger partial charge in [0.05, 0.1) is 12.3 Å². The van der Waals surface area contributed by atoms with Crippen molar-refractivity contribution in [2.45, 2.75) is 12.7 Å². The second-order valence-corrected chi connectivity index (χ2v) is 7.04. The van der Waals surface area contributed by atoms with Crippen LogP contribution in [0.2, 0.25) is 0 Å². The van der Waals surface area contributed by atoms with Gasteiger partial charge in [0, 0.05) is 11.3 Å². The van der Waals surface area contributed by atoms with E-state index in [-0.39, 0.29) is 34.8 Å². The molecule has 1 N–H and O–H groups in total. The molecule has 0 spiro atoms. The molecule has 29 heavy (non-hydrogen) atoms. The van der Waals surface area contributed by atoms with Crippen LogP contribution < -0.4 is 10.1 Å². The quantitative estimate of drug-likeness (QED) is 0.757. The van der Waals surface area contributed by atoms with Crippen LogP contribution in [-0.2, 0) is 11.3 Å². The van der Waals surface area contributed by atoms with E-state index in [1.54, 1.807) is 24.3 Å². The number of benzene rings is 2. The summed E-state index contributed by atoms with van der Waals surface area (Å²) >= 11 is 0.963. The number of rotatable bonds is 6. The summed E-state index contributed by atoms with van der Waals surface area (Å²) < 4.78 is 41.0. The van der Waals surface area contributed by atoms with Gasteiger partial charge in [-0.15, -0.1) is 0 Å². The summed E-state index contributed by atoms with van der Waals surface area (Å²) in [5, 5.41) is 2.38. The molecule has 152 valence electrons. The molecule has 3 rings (SSSR count). The van der Waals surface area contributed by atoms with E-state index in [4.69, 9.17) is 0 Å². The van der Waals surface area contributed by atoms with Crippen molar-refractivity contribution in [2.24, 2.45) is 0 Å². The molecule has 1 aliphatic rings. The van der Waals surface area contributed by atoms with E-state index in [1.807, 2.05) is 0 Å². The van der Waals surface area contributed by atoms with Gasteiger partial charge < -0.3 is 10.1 Å². The van der Waals surface area contributed by atoms with E-state index in [1.165, 1.54) is 29.2 Å². The Hall–Kier alpha value is -3.01. The summed E-state index contributed by atoms with van der Waals surface area (Å²) in [6.45, 7) is -1.24. The molecule has 0 saturated carbocycles. The average molecular weight is 424 g/mol. The van der Waals surface area contributed by atoms with Crippen LogP contribution in [-0.4, -0.2) is 40.5 Å². The van der Waals surface area contributed by atoms with Gasteiger partial charge in [0.1, 0.15) is 5.75 Å². The molecule has 2 aromatic rings. The maximum absolute atomic E-state index is 12.3. The number of nitrogens with one attached hydrogen (secondary N) is 1. The Labute approximate surface area is 168 Å². The molecule has 0 bridgehead atoms. The number of carbonyl (C=O) groups excluding carboxylic acids is 3. The third-order valence-electron chi connectivity index (χ3n) is 3.91. The van der Waals surface area contributed by atoms with Gasteiger partial charge in [-0.2, -0.15) is 13.2 Å². The van der Waals surface area contributed by atoms with Crippen LogP contribution in [0.5, 0.6) is 5.75 Å². The number of amides is 3. The minimum absolute atomic E-state index is 0.00685. The fourth-order valence-electron chi connectivity index (χ4n) is 2.48. The molecule has 0 atom stereocenters. The molecule has 10 heteroatoms. The van der Waals surface area contributed by atoms with E-state index in [9.17, 15) is 27.6 Å². The van der Waals surface area contributed by atoms with E-state index < -0.39 is 18.7 Å². The Morgan fingerprint density at radius 2 is 1.72 bits per heavy atom. The standard InChI is InChI=1S/C19H15F3N2O4S/c20-19(21,22)11-28-15-7-3-13(4-8-15)17(26)23-14-5-1-12(2-6-14)9-24-16(25)10-29-18(24)27/h1-8H,9-11H2,(H,23,26). The number of alkyl halides is 3. The van der Waals surface area contributed by atoms with Crippen molar-refractivity contribution in [1.82, 2.24) is 4.90 Å². The van der Waals surface area contributed by atoms with Crippen LogP contribution in [0.4, 0.5) is 23.7 Å². The Bertz CT molecular complexity index is 899. The van der Waals surface area contributed by atoms with Crippen molar-refractivity contribution in [2.75, 3.05) is 17.7 Å². The van der Waals surface area contributed by atoms with Gasteiger partial charge in [-0.25, -0.2) is 0 Å². The highest BCUT2D eigenvalue weighted by atomic mass is 32.2. The Morgan fingerprint density at radius 1 is 1.07 bits per heavy atom. The van der Waals surface area contributed by atoms with E-state index in [0.29, 0.717) is 5.69 Å². The van der Waals surface area contributed by atoms with Crippen molar-refractivity contribution in [3.8, 4) is 5.75 Å². The van der Waals surface area contributed by atoms with Gasteiger partial charge in [0.25, 0.3) is 11.1 Å². The Balaban J connectivity index is 1.56. The van der Waals surface area contributed by atoms with Crippen LogP contribution in [0, 0.1) is 0 Å². The molecule has 1 fully saturated rings. The van der Waals surface area contributed by atoms with Gasteiger partial charge in [-0.3, -0.25) is 19.3 Å². The van der Waals surface area contributed by atoms with Gasteiger partial charge in [0.2, 0.25) is 5.91 Å². The summed E-state index contributed by atoms with van der Waals surface area (Å²) in [6, 6.07) is 11.9. The number of carbonyl (C=O) groups is 3. The summed E-state index contributed by atoms with van der Waals surface area (Å²) in [5.41, 5.74) is 1.47. The normalized spacial score (nSPS) is 14.2. The fourth-order valence-corrected chi connectivity index (χ4v) is 3.21. The lowest BCUT2D eigenvalue weighted by atomic mass is 10.1. The van der Waals surface area contributed by atoms with E-state index in [2.05, 4.69) is 10.1 Å². The van der Waals surface area contributed by atoms with Crippen LogP contribution in [0.25, 0.3) is 0 Å². The molecule has 0 aliphatic carbocycles. The molecule has 3 amide bonds. The fraction of sp³-hybridized carbons (Fsp3) is 0.211. The number of nitrogens with zero attached hydrogens (tertiary/aromatic N) is 1. The average Bonchev–Trinajstić information content (AvgIpc) is 2.99. The van der Waals surface area contributed by atoms with Crippen molar-refractivity contribution < 1.29 is 32.3 Å². The number of anilines is 1. The first kappa shape index (κ1) is 20.7. The number of thioether (sulfide) groups is 1. The first-order valence-corrected chi connectivity index (χ1v) is 9.37. The Morgan fingerprint density at radius 3 is 2.28 bits per heavy atom. The van der Waals surface area contributed by atoms with Gasteiger partial charge in [0.15, 0.2) is 6.61 Å². The smallest absolute Gasteiger partial charge is 0.422 e. The van der Waals surface area contributed by atoms with Crippen molar-refractivity contribution in [1.29, 1.82) is 0 Å². The van der Waals surface area contributed by atoms with Gasteiger partial charge >= 0.3 is 6.18 Å². The molecule has 1 saturated heterocycles. The third kappa shape index (κ3) is 5.74. The zero-order valence-corrected chi connectivity index (χ0v) is 15.7. The number of hydrogen-bond donors (Lipinski definition) is 1. The van der Waals surface area contributed by atoms with Gasteiger partial charge in [-0.1, -0.05) is 23.9 Å². The molecule has 0 radical (unpaired) electrons. The molecule has 0 unspecified atom stereocenters. The Kier molecular flexibility index (Phi) is 6.12. The molecule has 0 aromatic heterocycles. The van der Waals surface area contributed by atoms with E-state index >= 15 is 0 Å². The first-order valence-electron chi connectivity index (χ1n) is 8.38. The highest BCUT2D eigenvalue weighted by molar-refractivity contribution is 8.14. The maximum atomic E-state index is 12.3. The summed E-state index contributed by atoms with van der Waals surface area (Å²) in [6.07, 6.45) is -4.43. The minimum atomic E-state index is -4.43. The second-order valence-electron chi connectivity index (χ2n) is 6.11. The largest absolute Gasteiger partial charge is 0.484 e. The summed E-state index contributed by atoms with van der Waals surface area (Å²) in [7, 11) is 0. The predicted octanol–water partition coefficient (Wildman–Crippen LogP) is 4.08. The van der Waals surface area contributed by atoms with Crippen molar-refractivity contribution in [3.63, 3.8) is 0 Å². The molecule has 6 nitrogen and oxygen atoms in total. The molecular weight excluding hydrogens is 409 g/mol. The lowest BCUT2D eigenvalue weighted by Crippen LogP contribution is -2.27. The second kappa shape index (κ2) is 8.56. The zero-order chi connectivity index (χ0) is 21.0. The first-order chi connectivity index (χ1) is 13.7. The minimum Gasteiger partial charge on any atom is -0.484 e. The van der Waals surface area contributed by atoms with Crippen molar-refractivity contribution >= 4 is 34.5 Å². The molecule has 1 aliphatic heterocycles. The van der Waals surface area contributed by atoms with E-state index in [0.717, 1.165) is 17.3 Å². The summed E-state index contributed by atoms with van der Waals surface area (Å²) in [5.74, 6) is -0.527. The van der Waals surface area contributed by atoms with Crippen LogP contribution in [0.1, 0.15) is 15.9 Å². The monoisotopic (exact) mass is 424 g/mol. The van der Waals surface area contributed by atoms with Gasteiger partial charge in [-0.05, 0) is 42.0 Å². The highest BCUT2D eigenvalue weighted by Crippen LogP contribution is 2.22. The number of halogens is 3. The van der Waals surface area contributed by atoms with Crippen LogP contribution in [0.3, 0.4) is 0 Å². The molecule has 1 heterocycles. The number of ether oxygens (including phenoxy) is 1. The van der Waals surface area contributed by atoms with Crippen molar-refractivity contribution in [3.05, 3.63) is 59.7 Å². The topological polar surface area (TPSA) is 75.7 Å². The number of imide groups is 1. The molecular formula is C19H15F3N2O4S. The predicted molar refractivity (Wildman–Crippen MR) is 101 cm³/mol.